The number of hydrogen-bond acceptors (Lipinski definition) is 3. The van der Waals surface area contributed by atoms with Crippen LogP contribution in [0.25, 0.3) is 0 Å². The van der Waals surface area contributed by atoms with Crippen molar-refractivity contribution in [2.45, 2.75) is 25.3 Å². The third-order valence-corrected chi connectivity index (χ3v) is 3.88. The molecule has 0 aliphatic heterocycles. The minimum absolute atomic E-state index is 0.694. The predicted octanol–water partition coefficient (Wildman–Crippen LogP) is 4.81. The predicted molar refractivity (Wildman–Crippen MR) is 87.8 cm³/mol. The van der Waals surface area contributed by atoms with Gasteiger partial charge in [0.1, 0.15) is 5.75 Å². The second kappa shape index (κ2) is 7.85. The highest BCUT2D eigenvalue weighted by atomic mass is 32.2. The summed E-state index contributed by atoms with van der Waals surface area (Å²) in [6, 6.07) is 16.6. The molecule has 0 spiro atoms. The molecule has 0 heterocycles. The summed E-state index contributed by atoms with van der Waals surface area (Å²) < 4.78 is 5.66. The van der Waals surface area contributed by atoms with Crippen LogP contribution in [0.2, 0.25) is 0 Å². The van der Waals surface area contributed by atoms with Crippen molar-refractivity contribution in [3.05, 3.63) is 54.1 Å². The second-order valence-corrected chi connectivity index (χ2v) is 5.63. The molecule has 1 N–H and O–H groups in total. The summed E-state index contributed by atoms with van der Waals surface area (Å²) in [6.07, 6.45) is 0. The van der Waals surface area contributed by atoms with Gasteiger partial charge in [0.25, 0.3) is 0 Å². The van der Waals surface area contributed by atoms with E-state index < -0.39 is 0 Å². The molecule has 0 fully saturated rings. The van der Waals surface area contributed by atoms with Crippen LogP contribution in [0.3, 0.4) is 0 Å². The topological polar surface area (TPSA) is 21.3 Å². The zero-order chi connectivity index (χ0) is 14.2. The van der Waals surface area contributed by atoms with Gasteiger partial charge in [0.15, 0.2) is 0 Å². The van der Waals surface area contributed by atoms with Gasteiger partial charge in [0, 0.05) is 22.7 Å². The van der Waals surface area contributed by atoms with Crippen LogP contribution in [0, 0.1) is 0 Å². The fourth-order valence-electron chi connectivity index (χ4n) is 2.03. The van der Waals surface area contributed by atoms with Gasteiger partial charge in [-0.05, 0) is 30.9 Å². The average Bonchev–Trinajstić information content (AvgIpc) is 2.48. The first-order valence-electron chi connectivity index (χ1n) is 7.01. The van der Waals surface area contributed by atoms with Crippen molar-refractivity contribution in [1.29, 1.82) is 0 Å². The summed E-state index contributed by atoms with van der Waals surface area (Å²) in [4.78, 5) is 1.30. The summed E-state index contributed by atoms with van der Waals surface area (Å²) in [5.41, 5.74) is 2.37. The van der Waals surface area contributed by atoms with E-state index in [1.54, 1.807) is 0 Å². The Hall–Kier alpha value is -1.61. The van der Waals surface area contributed by atoms with E-state index in [-0.39, 0.29) is 0 Å². The number of anilines is 1. The molecule has 2 nitrogen and oxygen atoms in total. The highest BCUT2D eigenvalue weighted by molar-refractivity contribution is 7.99. The van der Waals surface area contributed by atoms with E-state index in [0.29, 0.717) is 6.61 Å². The van der Waals surface area contributed by atoms with Crippen molar-refractivity contribution in [3.8, 4) is 5.75 Å². The van der Waals surface area contributed by atoms with Crippen LogP contribution in [0.5, 0.6) is 5.75 Å². The van der Waals surface area contributed by atoms with Gasteiger partial charge in [0.2, 0.25) is 0 Å². The molecule has 20 heavy (non-hydrogen) atoms. The lowest BCUT2D eigenvalue weighted by Gasteiger charge is -2.14. The van der Waals surface area contributed by atoms with Gasteiger partial charge >= 0.3 is 0 Å². The van der Waals surface area contributed by atoms with Gasteiger partial charge in [-0.25, -0.2) is 0 Å². The molecular formula is C17H21NOS. The number of hydrogen-bond donors (Lipinski definition) is 1. The Kier molecular flexibility index (Phi) is 5.81. The summed E-state index contributed by atoms with van der Waals surface area (Å²) in [7, 11) is 0. The fraction of sp³-hybridized carbons (Fsp3) is 0.294. The lowest BCUT2D eigenvalue weighted by molar-refractivity contribution is 0.337. The number of para-hydroxylation sites is 2. The lowest BCUT2D eigenvalue weighted by atomic mass is 10.2. The highest BCUT2D eigenvalue weighted by Gasteiger charge is 2.04. The molecule has 0 unspecified atom stereocenters. The number of nitrogens with one attached hydrogen (secondary N) is 1. The van der Waals surface area contributed by atoms with Gasteiger partial charge in [0.05, 0.1) is 6.61 Å². The molecule has 2 rings (SSSR count). The van der Waals surface area contributed by atoms with E-state index in [4.69, 9.17) is 4.74 Å². The Morgan fingerprint density at radius 1 is 1.00 bits per heavy atom. The normalized spacial score (nSPS) is 10.3. The molecule has 2 aromatic rings. The molecule has 3 heteroatoms. The lowest BCUT2D eigenvalue weighted by Crippen LogP contribution is -2.03. The van der Waals surface area contributed by atoms with Gasteiger partial charge in [-0.1, -0.05) is 37.3 Å². The van der Waals surface area contributed by atoms with Gasteiger partial charge in [-0.3, -0.25) is 0 Å². The van der Waals surface area contributed by atoms with Crippen LogP contribution >= 0.6 is 11.8 Å². The summed E-state index contributed by atoms with van der Waals surface area (Å²) in [6.45, 7) is 5.65. The fourth-order valence-corrected chi connectivity index (χ4v) is 2.81. The number of thioether (sulfide) groups is 1. The van der Waals surface area contributed by atoms with E-state index in [9.17, 15) is 0 Å². The molecule has 0 saturated carbocycles. The van der Waals surface area contributed by atoms with Crippen LogP contribution in [-0.2, 0) is 6.54 Å². The Bertz CT molecular complexity index is 493. The van der Waals surface area contributed by atoms with Crippen molar-refractivity contribution in [2.75, 3.05) is 17.7 Å². The molecule has 0 atom stereocenters. The quantitative estimate of drug-likeness (QED) is 0.738. The van der Waals surface area contributed by atoms with Gasteiger partial charge in [-0.15, -0.1) is 11.8 Å². The van der Waals surface area contributed by atoms with Gasteiger partial charge in [-0.2, -0.15) is 0 Å². The van der Waals surface area contributed by atoms with E-state index in [2.05, 4.69) is 42.6 Å². The van der Waals surface area contributed by atoms with E-state index in [0.717, 1.165) is 18.0 Å². The monoisotopic (exact) mass is 287 g/mol. The molecule has 0 aliphatic rings. The number of rotatable bonds is 7. The maximum Gasteiger partial charge on any atom is 0.124 e. The summed E-state index contributed by atoms with van der Waals surface area (Å²) in [5.74, 6) is 2.04. The Morgan fingerprint density at radius 3 is 2.55 bits per heavy atom. The summed E-state index contributed by atoms with van der Waals surface area (Å²) in [5, 5.41) is 3.51. The Balaban J connectivity index is 2.09. The first-order valence-corrected chi connectivity index (χ1v) is 8.00. The number of benzene rings is 2. The number of ether oxygens (including phenoxy) is 1. The molecule has 0 bridgehead atoms. The Labute approximate surface area is 125 Å². The van der Waals surface area contributed by atoms with E-state index in [1.807, 2.05) is 36.9 Å². The molecule has 0 saturated heterocycles. The van der Waals surface area contributed by atoms with Crippen molar-refractivity contribution >= 4 is 17.4 Å². The van der Waals surface area contributed by atoms with Crippen LogP contribution in [-0.4, -0.2) is 12.4 Å². The van der Waals surface area contributed by atoms with Crippen molar-refractivity contribution in [3.63, 3.8) is 0 Å². The molecule has 0 aliphatic carbocycles. The standard InChI is InChI=1S/C17H21NOS/c1-3-19-16-11-7-5-9-14(16)13-18-15-10-6-8-12-17(15)20-4-2/h5-12,18H,3-4,13H2,1-2H3. The maximum absolute atomic E-state index is 5.66. The highest BCUT2D eigenvalue weighted by Crippen LogP contribution is 2.28. The molecule has 106 valence electrons. The van der Waals surface area contributed by atoms with Crippen LogP contribution < -0.4 is 10.1 Å². The Morgan fingerprint density at radius 2 is 1.75 bits per heavy atom. The third kappa shape index (κ3) is 3.94. The second-order valence-electron chi connectivity index (χ2n) is 4.32. The minimum Gasteiger partial charge on any atom is -0.494 e. The molecule has 2 aromatic carbocycles. The van der Waals surface area contributed by atoms with Gasteiger partial charge < -0.3 is 10.1 Å². The first kappa shape index (κ1) is 14.8. The molecule has 0 aromatic heterocycles. The minimum atomic E-state index is 0.694. The molecule has 0 radical (unpaired) electrons. The molecular weight excluding hydrogens is 266 g/mol. The van der Waals surface area contributed by atoms with E-state index in [1.165, 1.54) is 16.1 Å². The zero-order valence-electron chi connectivity index (χ0n) is 12.1. The van der Waals surface area contributed by atoms with Crippen LogP contribution in [0.1, 0.15) is 19.4 Å². The SMILES string of the molecule is CCOc1ccccc1CNc1ccccc1SCC. The first-order chi connectivity index (χ1) is 9.85. The zero-order valence-corrected chi connectivity index (χ0v) is 12.9. The van der Waals surface area contributed by atoms with Crippen molar-refractivity contribution in [2.24, 2.45) is 0 Å². The maximum atomic E-state index is 5.66. The largest absolute Gasteiger partial charge is 0.494 e. The van der Waals surface area contributed by atoms with Crippen molar-refractivity contribution in [1.82, 2.24) is 0 Å². The van der Waals surface area contributed by atoms with Crippen LogP contribution in [0.15, 0.2) is 53.4 Å². The third-order valence-electron chi connectivity index (χ3n) is 2.93. The molecule has 0 amide bonds. The van der Waals surface area contributed by atoms with Crippen LogP contribution in [0.4, 0.5) is 5.69 Å². The summed E-state index contributed by atoms with van der Waals surface area (Å²) >= 11 is 1.86. The smallest absolute Gasteiger partial charge is 0.124 e. The average molecular weight is 287 g/mol. The van der Waals surface area contributed by atoms with Crippen molar-refractivity contribution < 1.29 is 4.74 Å². The van der Waals surface area contributed by atoms with E-state index >= 15 is 0 Å².